The molecular weight excluding hydrogens is 471 g/mol. The molecule has 2 aliphatic rings. The first-order valence-electron chi connectivity index (χ1n) is 10.5. The van der Waals surface area contributed by atoms with Crippen LogP contribution in [0.1, 0.15) is 70.4 Å². The summed E-state index contributed by atoms with van der Waals surface area (Å²) in [6.07, 6.45) is 8.64. The molecule has 3 rings (SSSR count). The smallest absolute Gasteiger partial charge is 1.00 e. The molecule has 29 heavy (non-hydrogen) atoms. The van der Waals surface area contributed by atoms with E-state index in [0.717, 1.165) is 5.92 Å². The summed E-state index contributed by atoms with van der Waals surface area (Å²) in [6, 6.07) is 8.59. The number of rotatable bonds is 5. The third kappa shape index (κ3) is 6.74. The summed E-state index contributed by atoms with van der Waals surface area (Å²) in [7, 11) is -0.255. The molecule has 1 aromatic carbocycles. The van der Waals surface area contributed by atoms with Crippen LogP contribution in [-0.2, 0) is 20.4 Å². The topological polar surface area (TPSA) is 0 Å². The van der Waals surface area contributed by atoms with Crippen LogP contribution in [0.2, 0.25) is 9.76 Å². The van der Waals surface area contributed by atoms with Crippen molar-refractivity contribution >= 4 is 14.7 Å². The Morgan fingerprint density at radius 1 is 0.862 bits per heavy atom. The standard InChI is InChI=1S/C24H35Si.3ClH.Ti/c1-16-11-17(2)13-22(12-16)25-15-24-20(5)18(3)19(4)23(24)14-21-9-7-6-8-10-21;;;;/h11-13,21H,6-10,14-15,25H2,1-5H3;3*1H;/q;;;;+3/p-3. The molecule has 0 spiro atoms. The van der Waals surface area contributed by atoms with Crippen LogP contribution in [0.3, 0.4) is 0 Å². The summed E-state index contributed by atoms with van der Waals surface area (Å²) in [5.41, 5.74) is 9.55. The van der Waals surface area contributed by atoms with Gasteiger partial charge in [-0.05, 0) is 0 Å². The summed E-state index contributed by atoms with van der Waals surface area (Å²) in [5, 5.41) is 1.65. The van der Waals surface area contributed by atoms with Crippen molar-refractivity contribution in [3.05, 3.63) is 51.6 Å². The van der Waals surface area contributed by atoms with Gasteiger partial charge >= 0.3 is 176 Å². The molecule has 1 atom stereocenters. The van der Waals surface area contributed by atoms with Gasteiger partial charge in [0.15, 0.2) is 0 Å². The van der Waals surface area contributed by atoms with Crippen LogP contribution in [0.25, 0.3) is 0 Å². The number of allylic oxidation sites excluding steroid dienone is 4. The van der Waals surface area contributed by atoms with Crippen molar-refractivity contribution in [2.45, 2.75) is 82.9 Å². The van der Waals surface area contributed by atoms with E-state index in [-0.39, 0.29) is 46.7 Å². The normalized spacial score (nSPS) is 22.6. The van der Waals surface area contributed by atoms with Crippen LogP contribution in [0.5, 0.6) is 0 Å². The number of hydrogen-bond acceptors (Lipinski definition) is 0. The second-order valence-corrected chi connectivity index (χ2v) is 12.1. The molecule has 2 aliphatic carbocycles. The van der Waals surface area contributed by atoms with Crippen LogP contribution in [-0.4, -0.2) is 9.52 Å². The molecule has 1 unspecified atom stereocenters. The number of hydrogen-bond donors (Lipinski definition) is 0. The molecule has 1 aromatic rings. The van der Waals surface area contributed by atoms with Crippen LogP contribution < -0.4 is 42.4 Å². The van der Waals surface area contributed by atoms with Gasteiger partial charge in [0.2, 0.25) is 0 Å². The quantitative estimate of drug-likeness (QED) is 0.372. The molecule has 1 fully saturated rings. The zero-order valence-electron chi connectivity index (χ0n) is 18.6. The Kier molecular flexibility index (Phi) is 12.7. The molecule has 0 nitrogen and oxygen atoms in total. The summed E-state index contributed by atoms with van der Waals surface area (Å²) in [4.78, 5) is 0. The maximum absolute atomic E-state index is 2.57. The Hall–Kier alpha value is 0.501. The van der Waals surface area contributed by atoms with Crippen LogP contribution in [0.15, 0.2) is 40.5 Å². The van der Waals surface area contributed by atoms with Gasteiger partial charge < -0.3 is 37.2 Å². The Balaban J connectivity index is 0.00000261. The third-order valence-electron chi connectivity index (χ3n) is 7.02. The number of halogens is 3. The Morgan fingerprint density at radius 2 is 1.41 bits per heavy atom. The summed E-state index contributed by atoms with van der Waals surface area (Å²) in [5.74, 6) is 0.939. The average molecular weight is 506 g/mol. The van der Waals surface area contributed by atoms with Gasteiger partial charge in [0.05, 0.1) is 0 Å². The van der Waals surface area contributed by atoms with Crippen LogP contribution in [0, 0.1) is 19.8 Å². The van der Waals surface area contributed by atoms with E-state index in [4.69, 9.17) is 0 Å². The predicted octanol–water partition coefficient (Wildman–Crippen LogP) is -3.13. The monoisotopic (exact) mass is 504 g/mol. The van der Waals surface area contributed by atoms with E-state index in [1.165, 1.54) is 55.7 Å². The molecule has 5 heteroatoms. The summed E-state index contributed by atoms with van der Waals surface area (Å²) >= 11 is 2.57. The van der Waals surface area contributed by atoms with Crippen molar-refractivity contribution < 1.29 is 57.7 Å². The zero-order chi connectivity index (χ0) is 18.9. The first-order valence-corrected chi connectivity index (χ1v) is 13.0. The molecule has 1 saturated carbocycles. The van der Waals surface area contributed by atoms with Crippen molar-refractivity contribution in [3.63, 3.8) is 0 Å². The minimum atomic E-state index is -0.255. The Bertz CT molecular complexity index is 730. The molecule has 160 valence electrons. The SMILES string of the molecule is CC1=C(C)[C]([Ti+3])(C[SiH2]c2cc(C)cc(C)c2)C(CC2CCCCC2)=C1C.[Cl-].[Cl-].[Cl-]. The summed E-state index contributed by atoms with van der Waals surface area (Å²) in [6.45, 7) is 11.7. The van der Waals surface area contributed by atoms with Crippen molar-refractivity contribution in [1.82, 2.24) is 0 Å². The molecule has 0 radical (unpaired) electrons. The molecule has 0 amide bonds. The van der Waals surface area contributed by atoms with E-state index in [9.17, 15) is 0 Å². The minimum Gasteiger partial charge on any atom is -1.00 e. The van der Waals surface area contributed by atoms with Crippen molar-refractivity contribution in [3.8, 4) is 0 Å². The minimum absolute atomic E-state index is 0. The maximum atomic E-state index is 2.57. The van der Waals surface area contributed by atoms with Gasteiger partial charge in [-0.25, -0.2) is 0 Å². The fourth-order valence-electron chi connectivity index (χ4n) is 5.26. The fourth-order valence-corrected chi connectivity index (χ4v) is 8.87. The van der Waals surface area contributed by atoms with Gasteiger partial charge in [-0.15, -0.1) is 0 Å². The molecule has 0 N–H and O–H groups in total. The molecule has 0 heterocycles. The third-order valence-corrected chi connectivity index (χ3v) is 11.2. The number of benzene rings is 1. The van der Waals surface area contributed by atoms with E-state index in [1.54, 1.807) is 27.5 Å². The molecular formula is C24H35Cl3SiTi. The van der Waals surface area contributed by atoms with Gasteiger partial charge in [0.25, 0.3) is 0 Å². The molecule has 0 aliphatic heterocycles. The Morgan fingerprint density at radius 3 is 1.97 bits per heavy atom. The average Bonchev–Trinajstić information content (AvgIpc) is 2.76. The van der Waals surface area contributed by atoms with Crippen LogP contribution in [0.4, 0.5) is 0 Å². The summed E-state index contributed by atoms with van der Waals surface area (Å²) < 4.78 is 0.329. The van der Waals surface area contributed by atoms with E-state index in [1.807, 2.05) is 0 Å². The number of aryl methyl sites for hydroxylation is 2. The fraction of sp³-hybridized carbons (Fsp3) is 0.583. The maximum Gasteiger partial charge on any atom is -1.00 e. The zero-order valence-corrected chi connectivity index (χ0v) is 23.8. The van der Waals surface area contributed by atoms with E-state index >= 15 is 0 Å². The van der Waals surface area contributed by atoms with E-state index in [0.29, 0.717) is 3.72 Å². The van der Waals surface area contributed by atoms with Crippen molar-refractivity contribution in [2.24, 2.45) is 5.92 Å². The van der Waals surface area contributed by atoms with Gasteiger partial charge in [0, 0.05) is 0 Å². The Labute approximate surface area is 211 Å². The van der Waals surface area contributed by atoms with E-state index < -0.39 is 0 Å². The van der Waals surface area contributed by atoms with Crippen molar-refractivity contribution in [1.29, 1.82) is 0 Å². The van der Waals surface area contributed by atoms with Gasteiger partial charge in [-0.3, -0.25) is 0 Å². The van der Waals surface area contributed by atoms with E-state index in [2.05, 4.69) is 73.3 Å². The molecule has 0 saturated heterocycles. The van der Waals surface area contributed by atoms with Crippen molar-refractivity contribution in [2.75, 3.05) is 0 Å². The molecule has 0 aromatic heterocycles. The predicted molar refractivity (Wildman–Crippen MR) is 114 cm³/mol. The first kappa shape index (κ1) is 29.5. The van der Waals surface area contributed by atoms with Gasteiger partial charge in [-0.1, -0.05) is 0 Å². The van der Waals surface area contributed by atoms with Crippen LogP contribution >= 0.6 is 0 Å². The first-order chi connectivity index (χ1) is 12.3. The van der Waals surface area contributed by atoms with Gasteiger partial charge in [0.1, 0.15) is 0 Å². The molecule has 0 bridgehead atoms. The largest absolute Gasteiger partial charge is 1.00 e. The second-order valence-electron chi connectivity index (χ2n) is 8.96. The van der Waals surface area contributed by atoms with Gasteiger partial charge in [-0.2, -0.15) is 0 Å². The second kappa shape index (κ2) is 12.5.